The standard InChI is InChI=1S/C11H19N3O2/c1-7-5-14(6-8(2)15-7)9(3)11-12-10(4)13-16-11/h7-9H,5-6H2,1-4H3. The molecule has 0 bridgehead atoms. The van der Waals surface area contributed by atoms with Crippen molar-refractivity contribution >= 4 is 0 Å². The maximum Gasteiger partial charge on any atom is 0.243 e. The molecule has 16 heavy (non-hydrogen) atoms. The van der Waals surface area contributed by atoms with E-state index in [1.807, 2.05) is 6.92 Å². The Hall–Kier alpha value is -0.940. The van der Waals surface area contributed by atoms with E-state index in [1.54, 1.807) is 0 Å². The molecule has 90 valence electrons. The summed E-state index contributed by atoms with van der Waals surface area (Å²) in [7, 11) is 0. The van der Waals surface area contributed by atoms with Gasteiger partial charge in [0.05, 0.1) is 18.2 Å². The van der Waals surface area contributed by atoms with E-state index in [2.05, 4.69) is 35.8 Å². The molecule has 1 fully saturated rings. The van der Waals surface area contributed by atoms with E-state index in [9.17, 15) is 0 Å². The number of nitrogens with zero attached hydrogens (tertiary/aromatic N) is 3. The molecule has 1 aliphatic rings. The summed E-state index contributed by atoms with van der Waals surface area (Å²) in [4.78, 5) is 6.60. The third-order valence-corrected chi connectivity index (χ3v) is 2.90. The lowest BCUT2D eigenvalue weighted by Gasteiger charge is -2.37. The van der Waals surface area contributed by atoms with E-state index < -0.39 is 0 Å². The van der Waals surface area contributed by atoms with Crippen molar-refractivity contribution in [3.63, 3.8) is 0 Å². The molecule has 0 spiro atoms. The molecule has 2 heterocycles. The minimum atomic E-state index is 0.162. The second kappa shape index (κ2) is 4.51. The molecular weight excluding hydrogens is 206 g/mol. The van der Waals surface area contributed by atoms with Crippen LogP contribution in [0.5, 0.6) is 0 Å². The van der Waals surface area contributed by atoms with Crippen LogP contribution in [-0.2, 0) is 4.74 Å². The molecule has 0 N–H and O–H groups in total. The third-order valence-electron chi connectivity index (χ3n) is 2.90. The first kappa shape index (κ1) is 11.5. The molecule has 1 aromatic rings. The first-order valence-electron chi connectivity index (χ1n) is 5.76. The van der Waals surface area contributed by atoms with Gasteiger partial charge in [-0.3, -0.25) is 4.90 Å². The smallest absolute Gasteiger partial charge is 0.243 e. The zero-order valence-electron chi connectivity index (χ0n) is 10.3. The van der Waals surface area contributed by atoms with Crippen LogP contribution in [0.25, 0.3) is 0 Å². The van der Waals surface area contributed by atoms with E-state index in [0.717, 1.165) is 13.1 Å². The molecule has 5 nitrogen and oxygen atoms in total. The van der Waals surface area contributed by atoms with Crippen LogP contribution in [0.1, 0.15) is 38.5 Å². The highest BCUT2D eigenvalue weighted by Crippen LogP contribution is 2.22. The molecular formula is C11H19N3O2. The zero-order chi connectivity index (χ0) is 11.7. The Morgan fingerprint density at radius 2 is 1.94 bits per heavy atom. The molecule has 0 saturated carbocycles. The van der Waals surface area contributed by atoms with Crippen LogP contribution in [0, 0.1) is 6.92 Å². The van der Waals surface area contributed by atoms with Gasteiger partial charge in [0.1, 0.15) is 0 Å². The second-order valence-corrected chi connectivity index (χ2v) is 4.57. The summed E-state index contributed by atoms with van der Waals surface area (Å²) in [5.74, 6) is 1.38. The van der Waals surface area contributed by atoms with Crippen LogP contribution in [0.15, 0.2) is 4.52 Å². The summed E-state index contributed by atoms with van der Waals surface area (Å²) < 4.78 is 10.9. The lowest BCUT2D eigenvalue weighted by atomic mass is 10.2. The van der Waals surface area contributed by atoms with Gasteiger partial charge in [-0.1, -0.05) is 5.16 Å². The SMILES string of the molecule is Cc1noc(C(C)N2CC(C)OC(C)C2)n1. The summed E-state index contributed by atoms with van der Waals surface area (Å²) in [6, 6.07) is 0.162. The van der Waals surface area contributed by atoms with Crippen molar-refractivity contribution in [1.82, 2.24) is 15.0 Å². The Labute approximate surface area is 95.8 Å². The largest absolute Gasteiger partial charge is 0.373 e. The monoisotopic (exact) mass is 225 g/mol. The van der Waals surface area contributed by atoms with Crippen molar-refractivity contribution in [3.05, 3.63) is 11.7 Å². The third kappa shape index (κ3) is 2.41. The number of hydrogen-bond acceptors (Lipinski definition) is 5. The van der Waals surface area contributed by atoms with Gasteiger partial charge in [-0.2, -0.15) is 4.98 Å². The minimum Gasteiger partial charge on any atom is -0.373 e. The van der Waals surface area contributed by atoms with Crippen LogP contribution in [0.2, 0.25) is 0 Å². The van der Waals surface area contributed by atoms with Crippen LogP contribution < -0.4 is 0 Å². The fraction of sp³-hybridized carbons (Fsp3) is 0.818. The van der Waals surface area contributed by atoms with Crippen LogP contribution in [-0.4, -0.2) is 40.3 Å². The lowest BCUT2D eigenvalue weighted by molar-refractivity contribution is -0.0818. The average Bonchev–Trinajstić information content (AvgIpc) is 2.62. The molecule has 2 rings (SSSR count). The number of ether oxygens (including phenoxy) is 1. The lowest BCUT2D eigenvalue weighted by Crippen LogP contribution is -2.46. The quantitative estimate of drug-likeness (QED) is 0.764. The van der Waals surface area contributed by atoms with E-state index >= 15 is 0 Å². The average molecular weight is 225 g/mol. The Morgan fingerprint density at radius 1 is 1.31 bits per heavy atom. The van der Waals surface area contributed by atoms with Crippen molar-refractivity contribution in [2.24, 2.45) is 0 Å². The first-order chi connectivity index (χ1) is 7.56. The van der Waals surface area contributed by atoms with Gasteiger partial charge >= 0.3 is 0 Å². The molecule has 1 aromatic heterocycles. The van der Waals surface area contributed by atoms with Gasteiger partial charge in [-0.25, -0.2) is 0 Å². The number of aromatic nitrogens is 2. The topological polar surface area (TPSA) is 51.4 Å². The Kier molecular flexibility index (Phi) is 3.25. The van der Waals surface area contributed by atoms with E-state index in [0.29, 0.717) is 11.7 Å². The number of morpholine rings is 1. The van der Waals surface area contributed by atoms with Crippen molar-refractivity contribution in [1.29, 1.82) is 0 Å². The molecule has 1 saturated heterocycles. The maximum atomic E-state index is 5.70. The molecule has 0 amide bonds. The van der Waals surface area contributed by atoms with E-state index in [-0.39, 0.29) is 18.2 Å². The van der Waals surface area contributed by atoms with E-state index in [1.165, 1.54) is 0 Å². The van der Waals surface area contributed by atoms with Crippen LogP contribution in [0.4, 0.5) is 0 Å². The van der Waals surface area contributed by atoms with Crippen molar-refractivity contribution in [2.45, 2.75) is 45.9 Å². The van der Waals surface area contributed by atoms with Crippen molar-refractivity contribution in [2.75, 3.05) is 13.1 Å². The first-order valence-corrected chi connectivity index (χ1v) is 5.76. The zero-order valence-corrected chi connectivity index (χ0v) is 10.3. The summed E-state index contributed by atoms with van der Waals surface area (Å²) in [6.07, 6.45) is 0.519. The minimum absolute atomic E-state index is 0.162. The summed E-state index contributed by atoms with van der Waals surface area (Å²) in [5, 5.41) is 3.83. The summed E-state index contributed by atoms with van der Waals surface area (Å²) in [6.45, 7) is 9.94. The molecule has 3 atom stereocenters. The Bertz CT molecular complexity index is 343. The van der Waals surface area contributed by atoms with Crippen molar-refractivity contribution < 1.29 is 9.26 Å². The predicted molar refractivity (Wildman–Crippen MR) is 59.0 cm³/mol. The predicted octanol–water partition coefficient (Wildman–Crippen LogP) is 1.55. The van der Waals surface area contributed by atoms with Gasteiger partial charge in [0, 0.05) is 13.1 Å². The van der Waals surface area contributed by atoms with Gasteiger partial charge in [0.2, 0.25) is 5.89 Å². The normalized spacial score (nSPS) is 29.2. The summed E-state index contributed by atoms with van der Waals surface area (Å²) in [5.41, 5.74) is 0. The molecule has 3 unspecified atom stereocenters. The van der Waals surface area contributed by atoms with Gasteiger partial charge < -0.3 is 9.26 Å². The maximum absolute atomic E-state index is 5.70. The fourth-order valence-electron chi connectivity index (χ4n) is 2.17. The highest BCUT2D eigenvalue weighted by atomic mass is 16.5. The van der Waals surface area contributed by atoms with Gasteiger partial charge in [0.15, 0.2) is 5.82 Å². The number of hydrogen-bond donors (Lipinski definition) is 0. The second-order valence-electron chi connectivity index (χ2n) is 4.57. The highest BCUT2D eigenvalue weighted by molar-refractivity contribution is 4.92. The van der Waals surface area contributed by atoms with Crippen LogP contribution in [0.3, 0.4) is 0 Å². The molecule has 0 radical (unpaired) electrons. The van der Waals surface area contributed by atoms with Gasteiger partial charge in [0.25, 0.3) is 0 Å². The number of rotatable bonds is 2. The van der Waals surface area contributed by atoms with Gasteiger partial charge in [-0.15, -0.1) is 0 Å². The Morgan fingerprint density at radius 3 is 2.44 bits per heavy atom. The molecule has 0 aromatic carbocycles. The molecule has 5 heteroatoms. The van der Waals surface area contributed by atoms with E-state index in [4.69, 9.17) is 9.26 Å². The highest BCUT2D eigenvalue weighted by Gasteiger charge is 2.28. The van der Waals surface area contributed by atoms with Crippen LogP contribution >= 0.6 is 0 Å². The Balaban J connectivity index is 2.06. The summed E-state index contributed by atoms with van der Waals surface area (Å²) >= 11 is 0. The number of aryl methyl sites for hydroxylation is 1. The molecule has 0 aliphatic carbocycles. The van der Waals surface area contributed by atoms with Crippen molar-refractivity contribution in [3.8, 4) is 0 Å². The fourth-order valence-corrected chi connectivity index (χ4v) is 2.17. The van der Waals surface area contributed by atoms with Gasteiger partial charge in [-0.05, 0) is 27.7 Å². The molecule has 1 aliphatic heterocycles.